The fraction of sp³-hybridized carbons (Fsp3) is 0.100. The van der Waals surface area contributed by atoms with Crippen LogP contribution in [0.25, 0.3) is 0 Å². The van der Waals surface area contributed by atoms with E-state index in [0.717, 1.165) is 11.1 Å². The Bertz CT molecular complexity index is 897. The van der Waals surface area contributed by atoms with Crippen LogP contribution in [0.4, 0.5) is 5.69 Å². The maximum absolute atomic E-state index is 11.4. The first-order valence-electron chi connectivity index (χ1n) is 7.88. The van der Waals surface area contributed by atoms with Gasteiger partial charge in [-0.1, -0.05) is 54.1 Å². The Morgan fingerprint density at radius 3 is 2.23 bits per heavy atom. The molecule has 0 bridgehead atoms. The Balaban J connectivity index is 2.04. The molecule has 3 aromatic carbocycles. The van der Waals surface area contributed by atoms with E-state index >= 15 is 0 Å². The van der Waals surface area contributed by atoms with Gasteiger partial charge in [0.15, 0.2) is 5.75 Å². The lowest BCUT2D eigenvalue weighted by Gasteiger charge is -2.20. The molecule has 1 atom stereocenters. The van der Waals surface area contributed by atoms with Gasteiger partial charge in [0.1, 0.15) is 11.9 Å². The monoisotopic (exact) mass is 369 g/mol. The molecule has 3 rings (SSSR count). The number of benzene rings is 3. The zero-order valence-corrected chi connectivity index (χ0v) is 14.7. The molecule has 0 amide bonds. The number of methoxy groups -OCH3 is 1. The maximum atomic E-state index is 11.4. The van der Waals surface area contributed by atoms with Gasteiger partial charge in [0.25, 0.3) is 0 Å². The normalized spacial score (nSPS) is 11.6. The lowest BCUT2D eigenvalue weighted by molar-refractivity contribution is -0.386. The molecule has 0 heterocycles. The van der Waals surface area contributed by atoms with Crippen molar-refractivity contribution in [2.75, 3.05) is 7.11 Å². The van der Waals surface area contributed by atoms with Gasteiger partial charge in [-0.3, -0.25) is 10.1 Å². The average molecular weight is 370 g/mol. The van der Waals surface area contributed by atoms with Crippen LogP contribution in [0.2, 0.25) is 5.02 Å². The number of nitrogens with zero attached hydrogens (tertiary/aromatic N) is 1. The Morgan fingerprint density at radius 2 is 1.62 bits per heavy atom. The van der Waals surface area contributed by atoms with E-state index < -0.39 is 11.0 Å². The summed E-state index contributed by atoms with van der Waals surface area (Å²) in [5.41, 5.74) is 1.56. The standard InChI is InChI=1S/C20H16ClNO4/c1-25-17-11-12-19(18(13-17)22(23)24)26-20(14-5-3-2-4-6-14)15-7-9-16(21)10-8-15/h2-13,20H,1H3/t20-/m0/s1. The maximum Gasteiger partial charge on any atom is 0.314 e. The van der Waals surface area contributed by atoms with E-state index in [1.807, 2.05) is 42.5 Å². The first kappa shape index (κ1) is 17.8. The molecule has 0 N–H and O–H groups in total. The molecule has 0 spiro atoms. The van der Waals surface area contributed by atoms with Crippen LogP contribution in [0.5, 0.6) is 11.5 Å². The van der Waals surface area contributed by atoms with Crippen LogP contribution in [-0.4, -0.2) is 12.0 Å². The third-order valence-electron chi connectivity index (χ3n) is 3.88. The fourth-order valence-electron chi connectivity index (χ4n) is 2.59. The third-order valence-corrected chi connectivity index (χ3v) is 4.13. The van der Waals surface area contributed by atoms with Crippen molar-refractivity contribution in [1.82, 2.24) is 0 Å². The second-order valence-electron chi connectivity index (χ2n) is 5.55. The molecule has 0 saturated heterocycles. The molecule has 0 aliphatic heterocycles. The van der Waals surface area contributed by atoms with Gasteiger partial charge in [0.05, 0.1) is 18.1 Å². The molecule has 0 fully saturated rings. The SMILES string of the molecule is COc1ccc(O[C@@H](c2ccccc2)c2ccc(Cl)cc2)c([N+](=O)[O-])c1. The summed E-state index contributed by atoms with van der Waals surface area (Å²) in [6, 6.07) is 21.2. The molecule has 0 aliphatic rings. The summed E-state index contributed by atoms with van der Waals surface area (Å²) in [5, 5.41) is 12.0. The molecule has 0 unspecified atom stereocenters. The van der Waals surface area contributed by atoms with Crippen molar-refractivity contribution < 1.29 is 14.4 Å². The van der Waals surface area contributed by atoms with E-state index in [2.05, 4.69) is 0 Å². The van der Waals surface area contributed by atoms with Crippen molar-refractivity contribution in [3.63, 3.8) is 0 Å². The Morgan fingerprint density at radius 1 is 0.962 bits per heavy atom. The summed E-state index contributed by atoms with van der Waals surface area (Å²) in [4.78, 5) is 11.0. The van der Waals surface area contributed by atoms with Crippen LogP contribution in [-0.2, 0) is 0 Å². The zero-order valence-electron chi connectivity index (χ0n) is 14.0. The van der Waals surface area contributed by atoms with Crippen LogP contribution < -0.4 is 9.47 Å². The number of halogens is 1. The van der Waals surface area contributed by atoms with Crippen molar-refractivity contribution in [1.29, 1.82) is 0 Å². The topological polar surface area (TPSA) is 61.6 Å². The van der Waals surface area contributed by atoms with Gasteiger partial charge in [-0.15, -0.1) is 0 Å². The number of nitro benzene ring substituents is 1. The minimum absolute atomic E-state index is 0.153. The first-order chi connectivity index (χ1) is 12.6. The van der Waals surface area contributed by atoms with E-state index in [4.69, 9.17) is 21.1 Å². The fourth-order valence-corrected chi connectivity index (χ4v) is 2.71. The summed E-state index contributed by atoms with van der Waals surface area (Å²) in [7, 11) is 1.46. The largest absolute Gasteiger partial charge is 0.496 e. The molecule has 132 valence electrons. The minimum Gasteiger partial charge on any atom is -0.496 e. The predicted molar refractivity (Wildman–Crippen MR) is 100 cm³/mol. The number of hydrogen-bond donors (Lipinski definition) is 0. The molecule has 5 nitrogen and oxygen atoms in total. The highest BCUT2D eigenvalue weighted by Gasteiger charge is 2.22. The summed E-state index contributed by atoms with van der Waals surface area (Å²) in [6.07, 6.45) is -0.513. The van der Waals surface area contributed by atoms with Crippen LogP contribution >= 0.6 is 11.6 Å². The molecule has 0 aliphatic carbocycles. The van der Waals surface area contributed by atoms with E-state index in [1.165, 1.54) is 13.2 Å². The summed E-state index contributed by atoms with van der Waals surface area (Å²) in [6.45, 7) is 0. The van der Waals surface area contributed by atoms with Crippen molar-refractivity contribution in [3.05, 3.63) is 99.1 Å². The van der Waals surface area contributed by atoms with E-state index in [0.29, 0.717) is 10.8 Å². The van der Waals surface area contributed by atoms with Crippen LogP contribution in [0.3, 0.4) is 0 Å². The number of ether oxygens (including phenoxy) is 2. The average Bonchev–Trinajstić information content (AvgIpc) is 2.67. The first-order valence-corrected chi connectivity index (χ1v) is 8.26. The third kappa shape index (κ3) is 3.95. The smallest absolute Gasteiger partial charge is 0.314 e. The van der Waals surface area contributed by atoms with Crippen LogP contribution in [0, 0.1) is 10.1 Å². The van der Waals surface area contributed by atoms with E-state index in [9.17, 15) is 10.1 Å². The van der Waals surface area contributed by atoms with Crippen molar-refractivity contribution >= 4 is 17.3 Å². The molecule has 0 saturated carbocycles. The van der Waals surface area contributed by atoms with Crippen molar-refractivity contribution in [2.45, 2.75) is 6.10 Å². The van der Waals surface area contributed by atoms with Gasteiger partial charge in [-0.2, -0.15) is 0 Å². The predicted octanol–water partition coefficient (Wildman–Crippen LogP) is 5.43. The lowest BCUT2D eigenvalue weighted by Crippen LogP contribution is -2.10. The Hall–Kier alpha value is -3.05. The van der Waals surface area contributed by atoms with Gasteiger partial charge >= 0.3 is 5.69 Å². The minimum atomic E-state index is -0.513. The van der Waals surface area contributed by atoms with Gasteiger partial charge in [0, 0.05) is 5.02 Å². The van der Waals surface area contributed by atoms with Crippen LogP contribution in [0.1, 0.15) is 17.2 Å². The van der Waals surface area contributed by atoms with Gasteiger partial charge < -0.3 is 9.47 Å². The molecule has 0 aromatic heterocycles. The molecule has 3 aromatic rings. The number of nitro groups is 1. The van der Waals surface area contributed by atoms with Gasteiger partial charge in [-0.25, -0.2) is 0 Å². The molecule has 0 radical (unpaired) electrons. The highest BCUT2D eigenvalue weighted by molar-refractivity contribution is 6.30. The molecular formula is C20H16ClNO4. The van der Waals surface area contributed by atoms with Crippen molar-refractivity contribution in [3.8, 4) is 11.5 Å². The summed E-state index contributed by atoms with van der Waals surface area (Å²) < 4.78 is 11.2. The van der Waals surface area contributed by atoms with E-state index in [-0.39, 0.29) is 11.4 Å². The Kier molecular flexibility index (Phi) is 5.39. The summed E-state index contributed by atoms with van der Waals surface area (Å²) >= 11 is 5.98. The molecule has 6 heteroatoms. The van der Waals surface area contributed by atoms with Gasteiger partial charge in [-0.05, 0) is 35.4 Å². The number of rotatable bonds is 6. The molecule has 26 heavy (non-hydrogen) atoms. The quantitative estimate of drug-likeness (QED) is 0.429. The summed E-state index contributed by atoms with van der Waals surface area (Å²) in [5.74, 6) is 0.561. The highest BCUT2D eigenvalue weighted by Crippen LogP contribution is 2.36. The second-order valence-corrected chi connectivity index (χ2v) is 5.99. The Labute approximate surface area is 155 Å². The van der Waals surface area contributed by atoms with Crippen molar-refractivity contribution in [2.24, 2.45) is 0 Å². The molecular weight excluding hydrogens is 354 g/mol. The second kappa shape index (κ2) is 7.89. The van der Waals surface area contributed by atoms with E-state index in [1.54, 1.807) is 24.3 Å². The van der Waals surface area contributed by atoms with Crippen LogP contribution in [0.15, 0.2) is 72.8 Å². The lowest BCUT2D eigenvalue weighted by atomic mass is 10.0. The zero-order chi connectivity index (χ0) is 18.5. The van der Waals surface area contributed by atoms with Gasteiger partial charge in [0.2, 0.25) is 0 Å². The highest BCUT2D eigenvalue weighted by atomic mass is 35.5. The number of hydrogen-bond acceptors (Lipinski definition) is 4.